The molecular weight excluding hydrogens is 286 g/mol. The minimum atomic E-state index is 0.726. The minimum absolute atomic E-state index is 0.726. The fourth-order valence-corrected chi connectivity index (χ4v) is 2.70. The van der Waals surface area contributed by atoms with Crippen molar-refractivity contribution in [2.45, 2.75) is 6.92 Å². The minimum Gasteiger partial charge on any atom is -0.289 e. The van der Waals surface area contributed by atoms with E-state index in [0.29, 0.717) is 0 Å². The highest BCUT2D eigenvalue weighted by atomic mass is 79.9. The largest absolute Gasteiger partial charge is 0.289 e. The molecule has 0 bridgehead atoms. The van der Waals surface area contributed by atoms with Crippen LogP contribution < -0.4 is 0 Å². The standard InChI is InChI=1S/C11H8BrN3S/c1-7-2-3-10(16-7)9-6-15-5-8(12)4-13-11(15)14-9/h2-6H,1H3. The summed E-state index contributed by atoms with van der Waals surface area (Å²) in [6.45, 7) is 2.10. The summed E-state index contributed by atoms with van der Waals surface area (Å²) in [4.78, 5) is 11.2. The topological polar surface area (TPSA) is 30.2 Å². The lowest BCUT2D eigenvalue weighted by Gasteiger charge is -1.90. The van der Waals surface area contributed by atoms with Crippen LogP contribution >= 0.6 is 27.3 Å². The molecule has 3 heterocycles. The van der Waals surface area contributed by atoms with Gasteiger partial charge < -0.3 is 0 Å². The average molecular weight is 294 g/mol. The highest BCUT2D eigenvalue weighted by Crippen LogP contribution is 2.26. The zero-order valence-electron chi connectivity index (χ0n) is 8.51. The molecule has 3 rings (SSSR count). The van der Waals surface area contributed by atoms with E-state index in [9.17, 15) is 0 Å². The average Bonchev–Trinajstić information content (AvgIpc) is 2.83. The Bertz CT molecular complexity index is 656. The molecule has 0 unspecified atom stereocenters. The number of fused-ring (bicyclic) bond motifs is 1. The predicted octanol–water partition coefficient (Wildman–Crippen LogP) is 3.53. The third kappa shape index (κ3) is 1.66. The van der Waals surface area contributed by atoms with Crippen LogP contribution in [0.4, 0.5) is 0 Å². The Hall–Kier alpha value is -1.20. The molecule has 0 N–H and O–H groups in total. The monoisotopic (exact) mass is 293 g/mol. The number of aryl methyl sites for hydroxylation is 1. The van der Waals surface area contributed by atoms with Gasteiger partial charge in [-0.1, -0.05) is 0 Å². The Morgan fingerprint density at radius 1 is 1.31 bits per heavy atom. The summed E-state index contributed by atoms with van der Waals surface area (Å²) in [6.07, 6.45) is 5.71. The molecule has 5 heteroatoms. The molecule has 16 heavy (non-hydrogen) atoms. The van der Waals surface area contributed by atoms with Crippen LogP contribution in [0.15, 0.2) is 35.2 Å². The van der Waals surface area contributed by atoms with Gasteiger partial charge in [-0.2, -0.15) is 0 Å². The van der Waals surface area contributed by atoms with Crippen molar-refractivity contribution >= 4 is 33.0 Å². The molecule has 0 aliphatic carbocycles. The number of thiophene rings is 1. The quantitative estimate of drug-likeness (QED) is 0.687. The molecule has 0 amide bonds. The molecule has 0 fully saturated rings. The van der Waals surface area contributed by atoms with Gasteiger partial charge in [0, 0.05) is 23.5 Å². The van der Waals surface area contributed by atoms with Gasteiger partial charge in [0.2, 0.25) is 5.78 Å². The van der Waals surface area contributed by atoms with Gasteiger partial charge in [-0.25, -0.2) is 9.97 Å². The third-order valence-electron chi connectivity index (χ3n) is 2.27. The molecule has 0 saturated heterocycles. The zero-order valence-corrected chi connectivity index (χ0v) is 10.9. The van der Waals surface area contributed by atoms with E-state index in [1.165, 1.54) is 9.75 Å². The van der Waals surface area contributed by atoms with Crippen molar-refractivity contribution in [1.29, 1.82) is 0 Å². The van der Waals surface area contributed by atoms with E-state index < -0.39 is 0 Å². The van der Waals surface area contributed by atoms with Gasteiger partial charge in [0.15, 0.2) is 0 Å². The summed E-state index contributed by atoms with van der Waals surface area (Å²) >= 11 is 5.14. The summed E-state index contributed by atoms with van der Waals surface area (Å²) in [5, 5.41) is 0. The van der Waals surface area contributed by atoms with Crippen molar-refractivity contribution in [2.24, 2.45) is 0 Å². The molecule has 0 atom stereocenters. The van der Waals surface area contributed by atoms with Gasteiger partial charge in [0.05, 0.1) is 9.35 Å². The molecule has 0 aliphatic rings. The summed E-state index contributed by atoms with van der Waals surface area (Å²) in [5.74, 6) is 0.726. The lowest BCUT2D eigenvalue weighted by molar-refractivity contribution is 1.10. The second kappa shape index (κ2) is 3.68. The summed E-state index contributed by atoms with van der Waals surface area (Å²) in [5.41, 5.74) is 0.976. The molecule has 3 aromatic heterocycles. The maximum absolute atomic E-state index is 4.48. The van der Waals surface area contributed by atoms with Gasteiger partial charge in [-0.3, -0.25) is 4.40 Å². The van der Waals surface area contributed by atoms with E-state index >= 15 is 0 Å². The summed E-state index contributed by atoms with van der Waals surface area (Å²) in [7, 11) is 0. The smallest absolute Gasteiger partial charge is 0.234 e. The van der Waals surface area contributed by atoms with Crippen molar-refractivity contribution in [1.82, 2.24) is 14.4 Å². The molecule has 0 aromatic carbocycles. The van der Waals surface area contributed by atoms with Crippen LogP contribution in [0.3, 0.4) is 0 Å². The first kappa shape index (κ1) is 9.99. The maximum Gasteiger partial charge on any atom is 0.234 e. The van der Waals surface area contributed by atoms with E-state index in [1.807, 2.05) is 16.8 Å². The first-order valence-corrected chi connectivity index (χ1v) is 6.40. The van der Waals surface area contributed by atoms with Crippen molar-refractivity contribution in [3.8, 4) is 10.6 Å². The Balaban J connectivity index is 2.18. The Morgan fingerprint density at radius 3 is 2.94 bits per heavy atom. The van der Waals surface area contributed by atoms with Crippen LogP contribution in [0.1, 0.15) is 4.88 Å². The van der Waals surface area contributed by atoms with E-state index in [-0.39, 0.29) is 0 Å². The fraction of sp³-hybridized carbons (Fsp3) is 0.0909. The van der Waals surface area contributed by atoms with Crippen LogP contribution in [-0.2, 0) is 0 Å². The highest BCUT2D eigenvalue weighted by molar-refractivity contribution is 9.10. The molecule has 0 radical (unpaired) electrons. The lowest BCUT2D eigenvalue weighted by atomic mass is 10.4. The first-order valence-electron chi connectivity index (χ1n) is 4.79. The van der Waals surface area contributed by atoms with Gasteiger partial charge in [-0.15, -0.1) is 11.3 Å². The van der Waals surface area contributed by atoms with Crippen LogP contribution in [-0.4, -0.2) is 14.4 Å². The molecule has 0 saturated carbocycles. The molecular formula is C11H8BrN3S. The van der Waals surface area contributed by atoms with Gasteiger partial charge >= 0.3 is 0 Å². The van der Waals surface area contributed by atoms with Crippen LogP contribution in [0, 0.1) is 6.92 Å². The van der Waals surface area contributed by atoms with E-state index in [2.05, 4.69) is 45.0 Å². The number of aromatic nitrogens is 3. The van der Waals surface area contributed by atoms with Gasteiger partial charge in [-0.05, 0) is 35.0 Å². The molecule has 0 aliphatic heterocycles. The Kier molecular flexibility index (Phi) is 2.29. The number of nitrogens with zero attached hydrogens (tertiary/aromatic N) is 3. The second-order valence-electron chi connectivity index (χ2n) is 3.52. The fourth-order valence-electron chi connectivity index (χ4n) is 1.55. The van der Waals surface area contributed by atoms with Crippen molar-refractivity contribution in [2.75, 3.05) is 0 Å². The number of hydrogen-bond donors (Lipinski definition) is 0. The van der Waals surface area contributed by atoms with Crippen molar-refractivity contribution in [3.63, 3.8) is 0 Å². The second-order valence-corrected chi connectivity index (χ2v) is 5.72. The van der Waals surface area contributed by atoms with Crippen LogP contribution in [0.5, 0.6) is 0 Å². The van der Waals surface area contributed by atoms with Gasteiger partial charge in [0.25, 0.3) is 0 Å². The van der Waals surface area contributed by atoms with E-state index in [4.69, 9.17) is 0 Å². The summed E-state index contributed by atoms with van der Waals surface area (Å²) in [6, 6.07) is 4.20. The molecule has 80 valence electrons. The maximum atomic E-state index is 4.48. The number of imidazole rings is 1. The Morgan fingerprint density at radius 2 is 2.19 bits per heavy atom. The number of halogens is 1. The van der Waals surface area contributed by atoms with Crippen molar-refractivity contribution in [3.05, 3.63) is 40.1 Å². The zero-order chi connectivity index (χ0) is 11.1. The SMILES string of the molecule is Cc1ccc(-c2cn3cc(Br)cnc3n2)s1. The summed E-state index contributed by atoms with van der Waals surface area (Å²) < 4.78 is 2.88. The Labute approximate surface area is 105 Å². The molecule has 3 nitrogen and oxygen atoms in total. The van der Waals surface area contributed by atoms with E-state index in [1.54, 1.807) is 17.5 Å². The number of rotatable bonds is 1. The lowest BCUT2D eigenvalue weighted by Crippen LogP contribution is -1.85. The van der Waals surface area contributed by atoms with Crippen molar-refractivity contribution < 1.29 is 0 Å². The first-order chi connectivity index (χ1) is 7.72. The predicted molar refractivity (Wildman–Crippen MR) is 68.7 cm³/mol. The van der Waals surface area contributed by atoms with Crippen LogP contribution in [0.2, 0.25) is 0 Å². The van der Waals surface area contributed by atoms with E-state index in [0.717, 1.165) is 15.9 Å². The normalized spacial score (nSPS) is 11.1. The third-order valence-corrected chi connectivity index (χ3v) is 3.70. The van der Waals surface area contributed by atoms with Gasteiger partial charge in [0.1, 0.15) is 5.69 Å². The number of hydrogen-bond acceptors (Lipinski definition) is 3. The van der Waals surface area contributed by atoms with Crippen LogP contribution in [0.25, 0.3) is 16.3 Å². The molecule has 3 aromatic rings. The highest BCUT2D eigenvalue weighted by Gasteiger charge is 2.06. The molecule has 0 spiro atoms.